The molecule has 0 radical (unpaired) electrons. The molecule has 0 aromatic rings. The minimum absolute atomic E-state index is 1.14. The molecule has 0 aliphatic heterocycles. The van der Waals surface area contributed by atoms with E-state index in [2.05, 4.69) is 12.2 Å². The molecule has 0 spiro atoms. The monoisotopic (exact) mass is 71.1 g/mol. The standard InChI is InChI=1S/C3H10BN/c1-2-3-5-4/h5H,2-4H2,1H3. The first-order valence-electron chi connectivity index (χ1n) is 2.06. The van der Waals surface area contributed by atoms with Gasteiger partial charge in [-0.1, -0.05) is 6.92 Å². The molecule has 0 bridgehead atoms. The maximum atomic E-state index is 3.02. The van der Waals surface area contributed by atoms with Gasteiger partial charge in [0.15, 0.2) is 7.98 Å². The Hall–Kier alpha value is 0.0249. The van der Waals surface area contributed by atoms with Crippen LogP contribution in [0, 0.1) is 0 Å². The van der Waals surface area contributed by atoms with Crippen LogP contribution in [0.5, 0.6) is 0 Å². The van der Waals surface area contributed by atoms with Gasteiger partial charge in [-0.05, 0) is 13.0 Å². The van der Waals surface area contributed by atoms with E-state index in [0.29, 0.717) is 0 Å². The van der Waals surface area contributed by atoms with E-state index in [1.165, 1.54) is 6.42 Å². The fourth-order valence-electron chi connectivity index (χ4n) is 0.250. The molecule has 1 N–H and O–H groups in total. The van der Waals surface area contributed by atoms with Crippen molar-refractivity contribution >= 4 is 7.98 Å². The Morgan fingerprint density at radius 2 is 2.40 bits per heavy atom. The summed E-state index contributed by atoms with van der Waals surface area (Å²) in [7, 11) is 1.96. The van der Waals surface area contributed by atoms with Crippen LogP contribution >= 0.6 is 0 Å². The van der Waals surface area contributed by atoms with E-state index in [9.17, 15) is 0 Å². The zero-order valence-electron chi connectivity index (χ0n) is 3.91. The minimum Gasteiger partial charge on any atom is -0.362 e. The quantitative estimate of drug-likeness (QED) is 0.434. The van der Waals surface area contributed by atoms with E-state index in [1.54, 1.807) is 0 Å². The van der Waals surface area contributed by atoms with Crippen LogP contribution in [0.4, 0.5) is 0 Å². The molecule has 0 amide bonds. The van der Waals surface area contributed by atoms with Crippen LogP contribution in [-0.2, 0) is 0 Å². The lowest BCUT2D eigenvalue weighted by Gasteiger charge is -1.84. The number of hydrogen-bond acceptors (Lipinski definition) is 1. The van der Waals surface area contributed by atoms with Gasteiger partial charge in [0.1, 0.15) is 0 Å². The second-order valence-electron chi connectivity index (χ2n) is 1.10. The van der Waals surface area contributed by atoms with Gasteiger partial charge in [0.05, 0.1) is 0 Å². The summed E-state index contributed by atoms with van der Waals surface area (Å²) in [6, 6.07) is 0. The highest BCUT2D eigenvalue weighted by Crippen LogP contribution is 1.61. The molecule has 0 heterocycles. The second kappa shape index (κ2) is 4.02. The smallest absolute Gasteiger partial charge is 0.181 e. The van der Waals surface area contributed by atoms with Crippen LogP contribution in [0.1, 0.15) is 13.3 Å². The van der Waals surface area contributed by atoms with Crippen molar-refractivity contribution in [1.29, 1.82) is 0 Å². The molecule has 0 aliphatic rings. The number of rotatable bonds is 2. The topological polar surface area (TPSA) is 12.0 Å². The van der Waals surface area contributed by atoms with Crippen molar-refractivity contribution in [3.63, 3.8) is 0 Å². The molecular formula is C3H10BN. The average molecular weight is 70.9 g/mol. The first-order valence-corrected chi connectivity index (χ1v) is 2.06. The molecule has 0 saturated heterocycles. The molecule has 0 fully saturated rings. The first kappa shape index (κ1) is 5.02. The Morgan fingerprint density at radius 3 is 2.40 bits per heavy atom. The summed E-state index contributed by atoms with van der Waals surface area (Å²) < 4.78 is 0. The Labute approximate surface area is 34.2 Å². The maximum Gasteiger partial charge on any atom is 0.181 e. The summed E-state index contributed by atoms with van der Waals surface area (Å²) >= 11 is 0. The summed E-state index contributed by atoms with van der Waals surface area (Å²) in [4.78, 5) is 0. The maximum absolute atomic E-state index is 3.02. The van der Waals surface area contributed by atoms with Crippen LogP contribution in [0.15, 0.2) is 0 Å². The zero-order valence-corrected chi connectivity index (χ0v) is 3.91. The highest BCUT2D eigenvalue weighted by atomic mass is 14.7. The molecule has 30 valence electrons. The third-order valence-electron chi connectivity index (χ3n) is 0.500. The average Bonchev–Trinajstić information content (AvgIpc) is 1.41. The number of hydrogen-bond donors (Lipinski definition) is 1. The van der Waals surface area contributed by atoms with E-state index >= 15 is 0 Å². The van der Waals surface area contributed by atoms with Crippen molar-refractivity contribution in [3.8, 4) is 0 Å². The molecule has 0 aromatic carbocycles. The Bertz CT molecular complexity index is 14.4. The van der Waals surface area contributed by atoms with Crippen LogP contribution in [0.2, 0.25) is 0 Å². The van der Waals surface area contributed by atoms with Crippen molar-refractivity contribution in [2.45, 2.75) is 13.3 Å². The fourth-order valence-corrected chi connectivity index (χ4v) is 0.250. The first-order chi connectivity index (χ1) is 2.41. The summed E-state index contributed by atoms with van der Waals surface area (Å²) in [5, 5.41) is 3.02. The summed E-state index contributed by atoms with van der Waals surface area (Å²) in [6.07, 6.45) is 1.23. The van der Waals surface area contributed by atoms with Crippen LogP contribution in [-0.4, -0.2) is 14.5 Å². The predicted octanol–water partition coefficient (Wildman–Crippen LogP) is -0.466. The highest BCUT2D eigenvalue weighted by molar-refractivity contribution is 6.04. The van der Waals surface area contributed by atoms with Crippen LogP contribution in [0.3, 0.4) is 0 Å². The van der Waals surface area contributed by atoms with E-state index in [-0.39, 0.29) is 0 Å². The van der Waals surface area contributed by atoms with Crippen molar-refractivity contribution in [2.75, 3.05) is 6.54 Å². The van der Waals surface area contributed by atoms with Gasteiger partial charge in [0.25, 0.3) is 0 Å². The molecule has 0 aromatic heterocycles. The molecule has 0 rings (SSSR count). The van der Waals surface area contributed by atoms with Gasteiger partial charge in [-0.25, -0.2) is 0 Å². The zero-order chi connectivity index (χ0) is 4.12. The number of nitrogens with one attached hydrogen (secondary N) is 1. The van der Waals surface area contributed by atoms with Gasteiger partial charge < -0.3 is 5.23 Å². The molecule has 0 saturated carbocycles. The van der Waals surface area contributed by atoms with Crippen molar-refractivity contribution in [1.82, 2.24) is 5.23 Å². The summed E-state index contributed by atoms with van der Waals surface area (Å²) in [5.41, 5.74) is 0. The molecule has 2 heteroatoms. The lowest BCUT2D eigenvalue weighted by Crippen LogP contribution is -2.07. The van der Waals surface area contributed by atoms with Gasteiger partial charge in [-0.15, -0.1) is 0 Å². The Balaban J connectivity index is 2.19. The highest BCUT2D eigenvalue weighted by Gasteiger charge is 1.65. The molecule has 5 heavy (non-hydrogen) atoms. The minimum atomic E-state index is 1.14. The third-order valence-corrected chi connectivity index (χ3v) is 0.500. The lowest BCUT2D eigenvalue weighted by molar-refractivity contribution is 0.868. The summed E-state index contributed by atoms with van der Waals surface area (Å²) in [6.45, 7) is 3.29. The van der Waals surface area contributed by atoms with E-state index in [0.717, 1.165) is 6.54 Å². The molecule has 0 unspecified atom stereocenters. The predicted molar refractivity (Wildman–Crippen MR) is 26.8 cm³/mol. The van der Waals surface area contributed by atoms with Gasteiger partial charge in [0, 0.05) is 0 Å². The Kier molecular flexibility index (Phi) is 4.05. The van der Waals surface area contributed by atoms with E-state index < -0.39 is 0 Å². The van der Waals surface area contributed by atoms with E-state index in [4.69, 9.17) is 0 Å². The van der Waals surface area contributed by atoms with Gasteiger partial charge in [0.2, 0.25) is 0 Å². The second-order valence-corrected chi connectivity index (χ2v) is 1.10. The van der Waals surface area contributed by atoms with Gasteiger partial charge in [-0.3, -0.25) is 0 Å². The lowest BCUT2D eigenvalue weighted by atomic mass is 10.4. The summed E-state index contributed by atoms with van der Waals surface area (Å²) in [5.74, 6) is 0. The van der Waals surface area contributed by atoms with Crippen molar-refractivity contribution in [3.05, 3.63) is 0 Å². The fraction of sp³-hybridized carbons (Fsp3) is 1.00. The molecule has 0 aliphatic carbocycles. The molecule has 0 atom stereocenters. The van der Waals surface area contributed by atoms with Gasteiger partial charge >= 0.3 is 0 Å². The SMILES string of the molecule is BNCCC. The van der Waals surface area contributed by atoms with Crippen LogP contribution in [0.25, 0.3) is 0 Å². The largest absolute Gasteiger partial charge is 0.362 e. The van der Waals surface area contributed by atoms with Crippen LogP contribution < -0.4 is 5.23 Å². The normalized spacial score (nSPS) is 8.20. The molecule has 1 nitrogen and oxygen atoms in total. The van der Waals surface area contributed by atoms with Crippen molar-refractivity contribution < 1.29 is 0 Å². The molecular weight excluding hydrogens is 60.9 g/mol. The van der Waals surface area contributed by atoms with Crippen molar-refractivity contribution in [2.24, 2.45) is 0 Å². The van der Waals surface area contributed by atoms with E-state index in [1.807, 2.05) is 7.98 Å². The third kappa shape index (κ3) is 4.02. The Morgan fingerprint density at radius 1 is 1.80 bits per heavy atom. The van der Waals surface area contributed by atoms with Gasteiger partial charge in [-0.2, -0.15) is 0 Å².